The third-order valence-corrected chi connectivity index (χ3v) is 3.76. The molecule has 2 rings (SSSR count). The molecule has 0 bridgehead atoms. The second kappa shape index (κ2) is 9.05. The molecule has 0 aliphatic heterocycles. The lowest BCUT2D eigenvalue weighted by Gasteiger charge is -2.18. The van der Waals surface area contributed by atoms with E-state index < -0.39 is 11.9 Å². The van der Waals surface area contributed by atoms with Gasteiger partial charge in [0.15, 0.2) is 0 Å². The van der Waals surface area contributed by atoms with Crippen molar-refractivity contribution < 1.29 is 23.9 Å². The van der Waals surface area contributed by atoms with Crippen molar-refractivity contribution >= 4 is 35.1 Å². The number of methoxy groups -OCH3 is 1. The van der Waals surface area contributed by atoms with Crippen LogP contribution in [0.25, 0.3) is 0 Å². The monoisotopic (exact) mass is 390 g/mol. The summed E-state index contributed by atoms with van der Waals surface area (Å²) in [6.45, 7) is 1.13. The molecule has 0 aliphatic rings. The first-order chi connectivity index (χ1) is 12.8. The predicted molar refractivity (Wildman–Crippen MR) is 101 cm³/mol. The van der Waals surface area contributed by atoms with Gasteiger partial charge in [-0.05, 0) is 42.5 Å². The number of amides is 2. The summed E-state index contributed by atoms with van der Waals surface area (Å²) in [4.78, 5) is 36.9. The highest BCUT2D eigenvalue weighted by Gasteiger charge is 2.16. The molecule has 27 heavy (non-hydrogen) atoms. The molecule has 0 saturated heterocycles. The largest absolute Gasteiger partial charge is 0.495 e. The Labute approximate surface area is 161 Å². The van der Waals surface area contributed by atoms with Crippen LogP contribution in [0.15, 0.2) is 42.5 Å². The molecule has 2 aromatic carbocycles. The highest BCUT2D eigenvalue weighted by molar-refractivity contribution is 6.31. The van der Waals surface area contributed by atoms with Gasteiger partial charge in [-0.15, -0.1) is 0 Å². The average molecular weight is 391 g/mol. The van der Waals surface area contributed by atoms with Crippen molar-refractivity contribution in [3.8, 4) is 11.5 Å². The minimum Gasteiger partial charge on any atom is -0.495 e. The lowest BCUT2D eigenvalue weighted by Crippen LogP contribution is -2.35. The first-order valence-electron chi connectivity index (χ1n) is 7.97. The van der Waals surface area contributed by atoms with Crippen molar-refractivity contribution in [3.05, 3.63) is 53.1 Å². The number of halogens is 1. The molecule has 0 aromatic heterocycles. The summed E-state index contributed by atoms with van der Waals surface area (Å²) >= 11 is 5.94. The van der Waals surface area contributed by atoms with Gasteiger partial charge in [0, 0.05) is 24.6 Å². The van der Waals surface area contributed by atoms with Crippen LogP contribution in [0.3, 0.4) is 0 Å². The number of carbonyl (C=O) groups excluding carboxylic acids is 3. The van der Waals surface area contributed by atoms with Crippen LogP contribution in [0.5, 0.6) is 11.5 Å². The van der Waals surface area contributed by atoms with Crippen molar-refractivity contribution in [3.63, 3.8) is 0 Å². The maximum absolute atomic E-state index is 12.4. The number of carbonyl (C=O) groups is 3. The summed E-state index contributed by atoms with van der Waals surface area (Å²) < 4.78 is 10.1. The molecule has 0 spiro atoms. The fourth-order valence-corrected chi connectivity index (χ4v) is 2.48. The van der Waals surface area contributed by atoms with Gasteiger partial charge in [-0.2, -0.15) is 0 Å². The van der Waals surface area contributed by atoms with Gasteiger partial charge < -0.3 is 19.7 Å². The number of ether oxygens (including phenoxy) is 2. The molecule has 0 atom stereocenters. The van der Waals surface area contributed by atoms with Gasteiger partial charge in [0.1, 0.15) is 11.5 Å². The topological polar surface area (TPSA) is 84.9 Å². The summed E-state index contributed by atoms with van der Waals surface area (Å²) in [6.07, 6.45) is 0. The first kappa shape index (κ1) is 20.3. The number of likely N-dealkylation sites (N-methyl/N-ethyl adjacent to an activating group) is 1. The Kier molecular flexibility index (Phi) is 6.79. The molecule has 7 nitrogen and oxygen atoms in total. The lowest BCUT2D eigenvalue weighted by molar-refractivity contribution is -0.131. The molecule has 2 amide bonds. The van der Waals surface area contributed by atoms with Gasteiger partial charge in [0.2, 0.25) is 5.91 Å². The van der Waals surface area contributed by atoms with Crippen molar-refractivity contribution in [2.75, 3.05) is 26.0 Å². The Balaban J connectivity index is 2.00. The van der Waals surface area contributed by atoms with E-state index in [1.165, 1.54) is 50.2 Å². The van der Waals surface area contributed by atoms with Gasteiger partial charge in [0.25, 0.3) is 5.91 Å². The van der Waals surface area contributed by atoms with Crippen molar-refractivity contribution in [1.82, 2.24) is 4.90 Å². The molecule has 0 aliphatic carbocycles. The van der Waals surface area contributed by atoms with E-state index in [1.54, 1.807) is 18.2 Å². The third kappa shape index (κ3) is 5.72. The smallest absolute Gasteiger partial charge is 0.308 e. The molecule has 2 aromatic rings. The Morgan fingerprint density at radius 1 is 1.11 bits per heavy atom. The number of esters is 1. The Morgan fingerprint density at radius 3 is 2.37 bits per heavy atom. The van der Waals surface area contributed by atoms with Crippen LogP contribution in [-0.4, -0.2) is 43.4 Å². The van der Waals surface area contributed by atoms with E-state index in [1.807, 2.05) is 0 Å². The highest BCUT2D eigenvalue weighted by Crippen LogP contribution is 2.27. The number of nitrogens with one attached hydrogen (secondary N) is 1. The SMILES string of the molecule is COc1ccc(Cl)cc1NC(=O)CN(C)C(=O)c1ccc(OC(C)=O)cc1. The van der Waals surface area contributed by atoms with Gasteiger partial charge in [-0.3, -0.25) is 14.4 Å². The van der Waals surface area contributed by atoms with Gasteiger partial charge in [-0.25, -0.2) is 0 Å². The van der Waals surface area contributed by atoms with E-state index in [0.717, 1.165) is 0 Å². The summed E-state index contributed by atoms with van der Waals surface area (Å²) in [5.41, 5.74) is 0.781. The Bertz CT molecular complexity index is 852. The summed E-state index contributed by atoms with van der Waals surface area (Å²) in [7, 11) is 2.99. The van der Waals surface area contributed by atoms with Crippen molar-refractivity contribution in [1.29, 1.82) is 0 Å². The molecule has 0 saturated carbocycles. The fourth-order valence-electron chi connectivity index (χ4n) is 2.31. The van der Waals surface area contributed by atoms with Crippen molar-refractivity contribution in [2.45, 2.75) is 6.92 Å². The zero-order chi connectivity index (χ0) is 20.0. The number of benzene rings is 2. The maximum atomic E-state index is 12.4. The minimum atomic E-state index is -0.445. The fraction of sp³-hybridized carbons (Fsp3) is 0.211. The number of hydrogen-bond donors (Lipinski definition) is 1. The van der Waals surface area contributed by atoms with E-state index >= 15 is 0 Å². The number of hydrogen-bond acceptors (Lipinski definition) is 5. The number of rotatable bonds is 6. The normalized spacial score (nSPS) is 10.1. The summed E-state index contributed by atoms with van der Waals surface area (Å²) in [5.74, 6) is -0.393. The molecule has 0 radical (unpaired) electrons. The predicted octanol–water partition coefficient (Wildman–Crippen LogP) is 2.98. The number of anilines is 1. The van der Waals surface area contributed by atoms with Crippen LogP contribution in [-0.2, 0) is 9.59 Å². The van der Waals surface area contributed by atoms with E-state index in [2.05, 4.69) is 5.32 Å². The minimum absolute atomic E-state index is 0.166. The quantitative estimate of drug-likeness (QED) is 0.605. The molecule has 0 heterocycles. The second-order valence-electron chi connectivity index (χ2n) is 5.67. The third-order valence-electron chi connectivity index (χ3n) is 3.53. The molecule has 0 fully saturated rings. The molecule has 0 unspecified atom stereocenters. The lowest BCUT2D eigenvalue weighted by atomic mass is 10.2. The Hall–Kier alpha value is -3.06. The van der Waals surface area contributed by atoms with Crippen LogP contribution < -0.4 is 14.8 Å². The van der Waals surface area contributed by atoms with Gasteiger partial charge in [-0.1, -0.05) is 11.6 Å². The Morgan fingerprint density at radius 2 is 1.78 bits per heavy atom. The van der Waals surface area contributed by atoms with Gasteiger partial charge >= 0.3 is 5.97 Å². The molecule has 1 N–H and O–H groups in total. The van der Waals surface area contributed by atoms with Gasteiger partial charge in [0.05, 0.1) is 19.3 Å². The number of nitrogens with zero attached hydrogens (tertiary/aromatic N) is 1. The van der Waals surface area contributed by atoms with E-state index in [4.69, 9.17) is 21.1 Å². The van der Waals surface area contributed by atoms with E-state index in [-0.39, 0.29) is 12.5 Å². The molecule has 142 valence electrons. The van der Waals surface area contributed by atoms with Crippen LogP contribution in [0.2, 0.25) is 5.02 Å². The molecular weight excluding hydrogens is 372 g/mol. The average Bonchev–Trinajstić information content (AvgIpc) is 2.61. The second-order valence-corrected chi connectivity index (χ2v) is 6.11. The maximum Gasteiger partial charge on any atom is 0.308 e. The summed E-state index contributed by atoms with van der Waals surface area (Å²) in [6, 6.07) is 10.9. The van der Waals surface area contributed by atoms with Crippen LogP contribution in [0, 0.1) is 0 Å². The van der Waals surface area contributed by atoms with E-state index in [0.29, 0.717) is 27.8 Å². The zero-order valence-corrected chi connectivity index (χ0v) is 15.9. The zero-order valence-electron chi connectivity index (χ0n) is 15.1. The van der Waals surface area contributed by atoms with Crippen LogP contribution in [0.1, 0.15) is 17.3 Å². The molecular formula is C19H19ClN2O5. The highest BCUT2D eigenvalue weighted by atomic mass is 35.5. The van der Waals surface area contributed by atoms with E-state index in [9.17, 15) is 14.4 Å². The van der Waals surface area contributed by atoms with Crippen LogP contribution in [0.4, 0.5) is 5.69 Å². The summed E-state index contributed by atoms with van der Waals surface area (Å²) in [5, 5.41) is 3.12. The van der Waals surface area contributed by atoms with Crippen LogP contribution >= 0.6 is 11.6 Å². The standard InChI is InChI=1S/C19H19ClN2O5/c1-12(23)27-15-7-4-13(5-8-15)19(25)22(2)11-18(24)21-16-10-14(20)6-9-17(16)26-3/h4-10H,11H2,1-3H3,(H,21,24). The first-order valence-corrected chi connectivity index (χ1v) is 8.35. The van der Waals surface area contributed by atoms with Crippen molar-refractivity contribution in [2.24, 2.45) is 0 Å². The molecule has 8 heteroatoms.